The predicted octanol–water partition coefficient (Wildman–Crippen LogP) is 10.2. The van der Waals surface area contributed by atoms with Gasteiger partial charge in [-0.05, 0) is 66.0 Å². The molecule has 0 aliphatic heterocycles. The van der Waals surface area contributed by atoms with Crippen LogP contribution in [0.15, 0.2) is 60.7 Å². The Hall–Kier alpha value is -2.68. The van der Waals surface area contributed by atoms with Gasteiger partial charge in [0, 0.05) is 5.56 Å². The summed E-state index contributed by atoms with van der Waals surface area (Å²) in [5, 5.41) is 0. The summed E-state index contributed by atoms with van der Waals surface area (Å²) in [5.74, 6) is 0.386. The van der Waals surface area contributed by atoms with Gasteiger partial charge in [-0.15, -0.1) is 0 Å². The predicted molar refractivity (Wildman–Crippen MR) is 146 cm³/mol. The van der Waals surface area contributed by atoms with Crippen molar-refractivity contribution in [3.63, 3.8) is 0 Å². The van der Waals surface area contributed by atoms with Crippen molar-refractivity contribution in [3.8, 4) is 28.0 Å². The number of benzene rings is 3. The molecular formula is C33H40F2O. The minimum absolute atomic E-state index is 0.313. The summed E-state index contributed by atoms with van der Waals surface area (Å²) in [7, 11) is 0. The molecule has 0 spiro atoms. The summed E-state index contributed by atoms with van der Waals surface area (Å²) in [5.41, 5.74) is 3.58. The molecule has 1 aliphatic carbocycles. The van der Waals surface area contributed by atoms with Gasteiger partial charge in [0.05, 0.1) is 6.61 Å². The molecule has 3 aromatic carbocycles. The lowest BCUT2D eigenvalue weighted by molar-refractivity contribution is 0.299. The molecule has 1 fully saturated rings. The van der Waals surface area contributed by atoms with Gasteiger partial charge in [0.15, 0.2) is 11.6 Å². The Balaban J connectivity index is 1.30. The third-order valence-electron chi connectivity index (χ3n) is 7.60. The number of halogens is 2. The highest BCUT2D eigenvalue weighted by Gasteiger charge is 2.15. The minimum Gasteiger partial charge on any atom is -0.494 e. The molecule has 0 N–H and O–H groups in total. The van der Waals surface area contributed by atoms with E-state index in [4.69, 9.17) is 4.74 Å². The normalized spacial score (nSPS) is 13.9. The van der Waals surface area contributed by atoms with Crippen molar-refractivity contribution in [2.75, 3.05) is 6.61 Å². The lowest BCUT2D eigenvalue weighted by atomic mass is 9.97. The number of ether oxygens (including phenoxy) is 1. The number of hydrogen-bond donors (Lipinski definition) is 0. The summed E-state index contributed by atoms with van der Waals surface area (Å²) in [4.78, 5) is 0. The Morgan fingerprint density at radius 2 is 1.36 bits per heavy atom. The van der Waals surface area contributed by atoms with Crippen LogP contribution in [0.5, 0.6) is 5.75 Å². The summed E-state index contributed by atoms with van der Waals surface area (Å²) in [6.07, 6.45) is 14.2. The van der Waals surface area contributed by atoms with Crippen LogP contribution in [-0.2, 0) is 6.42 Å². The smallest absolute Gasteiger partial charge is 0.166 e. The molecule has 3 heteroatoms. The minimum atomic E-state index is -0.750. The fourth-order valence-electron chi connectivity index (χ4n) is 5.36. The second kappa shape index (κ2) is 13.6. The molecule has 4 rings (SSSR count). The first-order valence-electron chi connectivity index (χ1n) is 14.0. The molecule has 0 atom stereocenters. The van der Waals surface area contributed by atoms with E-state index in [0.29, 0.717) is 23.1 Å². The average molecular weight is 491 g/mol. The highest BCUT2D eigenvalue weighted by molar-refractivity contribution is 5.71. The molecule has 36 heavy (non-hydrogen) atoms. The van der Waals surface area contributed by atoms with E-state index >= 15 is 0 Å². The Morgan fingerprint density at radius 3 is 2.06 bits per heavy atom. The van der Waals surface area contributed by atoms with Gasteiger partial charge in [0.1, 0.15) is 5.75 Å². The fourth-order valence-corrected chi connectivity index (χ4v) is 5.36. The molecule has 0 radical (unpaired) electrons. The maximum absolute atomic E-state index is 14.8. The molecule has 3 aromatic rings. The van der Waals surface area contributed by atoms with E-state index in [1.165, 1.54) is 38.5 Å². The third kappa shape index (κ3) is 7.18. The summed E-state index contributed by atoms with van der Waals surface area (Å²) in [6.45, 7) is 2.91. The van der Waals surface area contributed by atoms with Crippen LogP contribution >= 0.6 is 0 Å². The van der Waals surface area contributed by atoms with Gasteiger partial charge < -0.3 is 4.74 Å². The van der Waals surface area contributed by atoms with Crippen molar-refractivity contribution >= 4 is 0 Å². The number of aryl methyl sites for hydroxylation is 1. The molecule has 0 saturated heterocycles. The van der Waals surface area contributed by atoms with Crippen LogP contribution in [0.25, 0.3) is 22.3 Å². The Bertz CT molecular complexity index is 1070. The molecular weight excluding hydrogens is 450 g/mol. The SMILES string of the molecule is CCCCCCc1ccc(-c2ccc(-c3ccc(OCCCCC4CCCC4)cc3)cc2)c(F)c1F. The van der Waals surface area contributed by atoms with Crippen LogP contribution < -0.4 is 4.74 Å². The van der Waals surface area contributed by atoms with Crippen LogP contribution in [0.3, 0.4) is 0 Å². The van der Waals surface area contributed by atoms with E-state index < -0.39 is 11.6 Å². The number of unbranched alkanes of at least 4 members (excludes halogenated alkanes) is 4. The quantitative estimate of drug-likeness (QED) is 0.217. The molecule has 0 amide bonds. The second-order valence-corrected chi connectivity index (χ2v) is 10.3. The van der Waals surface area contributed by atoms with Crippen molar-refractivity contribution in [1.29, 1.82) is 0 Å². The van der Waals surface area contributed by atoms with Gasteiger partial charge in [-0.3, -0.25) is 0 Å². The lowest BCUT2D eigenvalue weighted by Crippen LogP contribution is -1.99. The number of hydrogen-bond acceptors (Lipinski definition) is 1. The molecule has 0 heterocycles. The van der Waals surface area contributed by atoms with Crippen LogP contribution in [-0.4, -0.2) is 6.61 Å². The molecule has 0 bridgehead atoms. The monoisotopic (exact) mass is 490 g/mol. The summed E-state index contributed by atoms with van der Waals surface area (Å²) < 4.78 is 35.4. The molecule has 1 nitrogen and oxygen atoms in total. The summed E-state index contributed by atoms with van der Waals surface area (Å²) >= 11 is 0. The van der Waals surface area contributed by atoms with Crippen LogP contribution in [0.2, 0.25) is 0 Å². The van der Waals surface area contributed by atoms with E-state index in [1.54, 1.807) is 12.1 Å². The van der Waals surface area contributed by atoms with Crippen LogP contribution in [0, 0.1) is 17.6 Å². The second-order valence-electron chi connectivity index (χ2n) is 10.3. The van der Waals surface area contributed by atoms with Crippen molar-refractivity contribution < 1.29 is 13.5 Å². The van der Waals surface area contributed by atoms with Gasteiger partial charge in [-0.1, -0.05) is 107 Å². The van der Waals surface area contributed by atoms with Gasteiger partial charge in [0.2, 0.25) is 0 Å². The molecule has 1 saturated carbocycles. The Kier molecular flexibility index (Phi) is 9.95. The third-order valence-corrected chi connectivity index (χ3v) is 7.60. The zero-order chi connectivity index (χ0) is 25.2. The van der Waals surface area contributed by atoms with Crippen molar-refractivity contribution in [3.05, 3.63) is 77.9 Å². The van der Waals surface area contributed by atoms with E-state index in [0.717, 1.165) is 61.5 Å². The Morgan fingerprint density at radius 1 is 0.694 bits per heavy atom. The van der Waals surface area contributed by atoms with E-state index in [9.17, 15) is 8.78 Å². The van der Waals surface area contributed by atoms with Gasteiger partial charge >= 0.3 is 0 Å². The van der Waals surface area contributed by atoms with Crippen LogP contribution in [0.1, 0.15) is 83.1 Å². The van der Waals surface area contributed by atoms with Gasteiger partial charge in [-0.25, -0.2) is 8.78 Å². The highest BCUT2D eigenvalue weighted by Crippen LogP contribution is 2.31. The summed E-state index contributed by atoms with van der Waals surface area (Å²) in [6, 6.07) is 19.2. The largest absolute Gasteiger partial charge is 0.494 e. The zero-order valence-corrected chi connectivity index (χ0v) is 21.7. The zero-order valence-electron chi connectivity index (χ0n) is 21.7. The average Bonchev–Trinajstić information content (AvgIpc) is 3.43. The highest BCUT2D eigenvalue weighted by atomic mass is 19.2. The Labute approximate surface area is 215 Å². The van der Waals surface area contributed by atoms with Crippen molar-refractivity contribution in [1.82, 2.24) is 0 Å². The first-order valence-corrected chi connectivity index (χ1v) is 14.0. The van der Waals surface area contributed by atoms with E-state index in [2.05, 4.69) is 19.1 Å². The first kappa shape index (κ1) is 26.4. The topological polar surface area (TPSA) is 9.23 Å². The van der Waals surface area contributed by atoms with Gasteiger partial charge in [-0.2, -0.15) is 0 Å². The molecule has 0 unspecified atom stereocenters. The maximum Gasteiger partial charge on any atom is 0.166 e. The fraction of sp³-hybridized carbons (Fsp3) is 0.455. The standard InChI is InChI=1S/C33H40F2O/c1-2-3-4-5-13-29-20-23-31(33(35)32(29)34)28-16-14-26(15-17-28)27-18-21-30(22-19-27)36-24-9-8-12-25-10-6-7-11-25/h14-23,25H,2-13,24H2,1H3. The van der Waals surface area contributed by atoms with E-state index in [-0.39, 0.29) is 0 Å². The molecule has 0 aromatic heterocycles. The van der Waals surface area contributed by atoms with E-state index in [1.807, 2.05) is 36.4 Å². The lowest BCUT2D eigenvalue weighted by Gasteiger charge is -2.11. The van der Waals surface area contributed by atoms with Gasteiger partial charge in [0.25, 0.3) is 0 Å². The van der Waals surface area contributed by atoms with Crippen LogP contribution in [0.4, 0.5) is 8.78 Å². The number of rotatable bonds is 13. The molecule has 192 valence electrons. The maximum atomic E-state index is 14.8. The van der Waals surface area contributed by atoms with Crippen molar-refractivity contribution in [2.24, 2.45) is 5.92 Å². The first-order chi connectivity index (χ1) is 17.7. The molecule has 1 aliphatic rings. The van der Waals surface area contributed by atoms with Crippen molar-refractivity contribution in [2.45, 2.75) is 84.0 Å².